The maximum Gasteiger partial charge on any atom is 0.267 e. The van der Waals surface area contributed by atoms with E-state index in [2.05, 4.69) is 22.4 Å². The molecule has 1 amide bonds. The zero-order chi connectivity index (χ0) is 15.4. The lowest BCUT2D eigenvalue weighted by molar-refractivity contribution is -0.130. The molecule has 1 rings (SSSR count). The molecule has 1 aliphatic carbocycles. The molecule has 0 bridgehead atoms. The van der Waals surface area contributed by atoms with Crippen LogP contribution in [0.4, 0.5) is 0 Å². The molecule has 8 heteroatoms. The van der Waals surface area contributed by atoms with Crippen molar-refractivity contribution in [3.8, 4) is 0 Å². The Morgan fingerprint density at radius 2 is 2.10 bits per heavy atom. The monoisotopic (exact) mass is 320 g/mol. The largest absolute Gasteiger partial charge is 0.369 e. The van der Waals surface area contributed by atoms with Crippen molar-refractivity contribution >= 4 is 33.4 Å². The number of carbonyl (C=O) groups excluding carboxylic acids is 1. The van der Waals surface area contributed by atoms with Crippen LogP contribution in [0.2, 0.25) is 0 Å². The summed E-state index contributed by atoms with van der Waals surface area (Å²) in [5.41, 5.74) is 4.62. The lowest BCUT2D eigenvalue weighted by Gasteiger charge is -2.38. The number of primary amides is 1. The van der Waals surface area contributed by atoms with E-state index in [1.165, 1.54) is 6.92 Å². The topological polar surface area (TPSA) is 110 Å². The Bertz CT molecular complexity index is 504. The van der Waals surface area contributed by atoms with E-state index >= 15 is 0 Å². The number of nitrogens with zero attached hydrogens (tertiary/aromatic N) is 1. The van der Waals surface area contributed by atoms with Crippen LogP contribution in [0.25, 0.3) is 0 Å². The first-order valence-electron chi connectivity index (χ1n) is 6.51. The quantitative estimate of drug-likeness (QED) is 0.437. The molecule has 1 fully saturated rings. The van der Waals surface area contributed by atoms with E-state index in [0.717, 1.165) is 12.8 Å². The summed E-state index contributed by atoms with van der Waals surface area (Å²) < 4.78 is 31.4. The molecule has 20 heavy (non-hydrogen) atoms. The number of hydrogen-bond donors (Lipinski definition) is 2. The van der Waals surface area contributed by atoms with Gasteiger partial charge in [-0.25, -0.2) is 4.99 Å². The van der Waals surface area contributed by atoms with Gasteiger partial charge in [-0.1, -0.05) is 0 Å². The fraction of sp³-hybridized carbons (Fsp3) is 0.833. The average molecular weight is 320 g/mol. The molecule has 6 nitrogen and oxygen atoms in total. The highest BCUT2D eigenvalue weighted by molar-refractivity contribution is 7.86. The number of hydrogen-bond acceptors (Lipinski definition) is 5. The van der Waals surface area contributed by atoms with Crippen LogP contribution in [0.5, 0.6) is 0 Å². The van der Waals surface area contributed by atoms with Crippen LogP contribution in [0.15, 0.2) is 4.99 Å². The van der Waals surface area contributed by atoms with Crippen LogP contribution in [0.1, 0.15) is 39.0 Å². The molecular weight excluding hydrogens is 300 g/mol. The number of thiocarbonyl (C=S) groups is 1. The summed E-state index contributed by atoms with van der Waals surface area (Å²) in [6.07, 6.45) is 2.56. The Morgan fingerprint density at radius 3 is 2.50 bits per heavy atom. The number of nitrogens with two attached hydrogens (primary N) is 1. The molecule has 0 saturated heterocycles. The maximum atomic E-state index is 11.8. The summed E-state index contributed by atoms with van der Waals surface area (Å²) in [4.78, 5) is 15.7. The summed E-state index contributed by atoms with van der Waals surface area (Å²) in [6, 6.07) is 0. The number of isothiocyanates is 1. The summed E-state index contributed by atoms with van der Waals surface area (Å²) in [5.74, 6) is -0.177. The Morgan fingerprint density at radius 1 is 1.55 bits per heavy atom. The van der Waals surface area contributed by atoms with E-state index in [4.69, 9.17) is 10.3 Å². The van der Waals surface area contributed by atoms with Gasteiger partial charge in [-0.15, -0.1) is 0 Å². The van der Waals surface area contributed by atoms with Crippen LogP contribution < -0.4 is 5.73 Å². The predicted octanol–water partition coefficient (Wildman–Crippen LogP) is 1.42. The van der Waals surface area contributed by atoms with Gasteiger partial charge in [0.15, 0.2) is 0 Å². The molecule has 0 heterocycles. The minimum atomic E-state index is -4.15. The Hall–Kier alpha value is -0.820. The normalized spacial score (nSPS) is 28.4. The smallest absolute Gasteiger partial charge is 0.267 e. The van der Waals surface area contributed by atoms with Gasteiger partial charge in [0.2, 0.25) is 5.91 Å². The van der Waals surface area contributed by atoms with Gasteiger partial charge >= 0.3 is 0 Å². The zero-order valence-electron chi connectivity index (χ0n) is 11.4. The molecule has 0 aromatic rings. The van der Waals surface area contributed by atoms with E-state index < -0.39 is 26.7 Å². The maximum absolute atomic E-state index is 11.8. The minimum Gasteiger partial charge on any atom is -0.369 e. The van der Waals surface area contributed by atoms with Crippen molar-refractivity contribution in [2.75, 3.05) is 6.54 Å². The van der Waals surface area contributed by atoms with Crippen molar-refractivity contribution in [3.63, 3.8) is 0 Å². The third-order valence-corrected chi connectivity index (χ3v) is 5.50. The second-order valence-electron chi connectivity index (χ2n) is 5.55. The minimum absolute atomic E-state index is 0.0598. The van der Waals surface area contributed by atoms with E-state index in [0.29, 0.717) is 25.3 Å². The molecule has 114 valence electrons. The van der Waals surface area contributed by atoms with Crippen molar-refractivity contribution in [3.05, 3.63) is 0 Å². The van der Waals surface area contributed by atoms with E-state index in [-0.39, 0.29) is 6.42 Å². The van der Waals surface area contributed by atoms with Crippen LogP contribution in [0, 0.1) is 11.3 Å². The molecule has 0 radical (unpaired) electrons. The second-order valence-corrected chi connectivity index (χ2v) is 7.57. The molecule has 0 aromatic carbocycles. The molecule has 0 aromatic heterocycles. The van der Waals surface area contributed by atoms with Crippen LogP contribution in [0.3, 0.4) is 0 Å². The SMILES string of the molecule is CC(CC1(C(N)=O)CCC(CN=C=S)CC1)S(=O)(=O)O. The number of rotatable bonds is 6. The molecule has 1 saturated carbocycles. The van der Waals surface area contributed by atoms with E-state index in [9.17, 15) is 13.2 Å². The Balaban J connectivity index is 2.77. The number of aliphatic imine (C=N–C) groups is 1. The highest BCUT2D eigenvalue weighted by atomic mass is 32.2. The van der Waals surface area contributed by atoms with Gasteiger partial charge in [0.1, 0.15) is 0 Å². The average Bonchev–Trinajstić information content (AvgIpc) is 2.36. The van der Waals surface area contributed by atoms with Crippen molar-refractivity contribution < 1.29 is 17.8 Å². The highest BCUT2D eigenvalue weighted by Gasteiger charge is 2.43. The first-order valence-corrected chi connectivity index (χ1v) is 8.42. The van der Waals surface area contributed by atoms with Gasteiger partial charge in [-0.2, -0.15) is 8.42 Å². The zero-order valence-corrected chi connectivity index (χ0v) is 13.0. The van der Waals surface area contributed by atoms with Gasteiger partial charge in [0, 0.05) is 0 Å². The van der Waals surface area contributed by atoms with E-state index in [1.54, 1.807) is 0 Å². The van der Waals surface area contributed by atoms with Crippen LogP contribution >= 0.6 is 12.2 Å². The lowest BCUT2D eigenvalue weighted by atomic mass is 9.67. The third-order valence-electron chi connectivity index (χ3n) is 4.19. The van der Waals surface area contributed by atoms with Gasteiger partial charge in [-0.3, -0.25) is 9.35 Å². The fourth-order valence-corrected chi connectivity index (χ4v) is 3.39. The first-order chi connectivity index (χ1) is 9.21. The van der Waals surface area contributed by atoms with Gasteiger partial charge in [-0.05, 0) is 57.2 Å². The predicted molar refractivity (Wildman–Crippen MR) is 79.1 cm³/mol. The molecule has 0 aliphatic heterocycles. The molecule has 1 aliphatic rings. The van der Waals surface area contributed by atoms with Gasteiger partial charge < -0.3 is 5.73 Å². The fourth-order valence-electron chi connectivity index (χ4n) is 2.79. The standard InChI is InChI=1S/C12H20N2O4S2/c1-9(20(16,17)18)6-12(11(13)15)4-2-10(3-5-12)7-14-8-19/h9-10H,2-7H2,1H3,(H2,13,15)(H,16,17,18). The second kappa shape index (κ2) is 6.76. The highest BCUT2D eigenvalue weighted by Crippen LogP contribution is 2.43. The summed E-state index contributed by atoms with van der Waals surface area (Å²) >= 11 is 4.52. The number of carbonyl (C=O) groups is 1. The van der Waals surface area contributed by atoms with Gasteiger partial charge in [0.05, 0.1) is 22.4 Å². The lowest BCUT2D eigenvalue weighted by Crippen LogP contribution is -2.43. The van der Waals surface area contributed by atoms with Gasteiger partial charge in [0.25, 0.3) is 10.1 Å². The van der Waals surface area contributed by atoms with Crippen molar-refractivity contribution in [1.29, 1.82) is 0 Å². The Kier molecular flexibility index (Phi) is 5.82. The molecular formula is C12H20N2O4S2. The molecule has 1 unspecified atom stereocenters. The number of amides is 1. The van der Waals surface area contributed by atoms with Crippen LogP contribution in [-0.4, -0.2) is 35.8 Å². The third kappa shape index (κ3) is 4.34. The van der Waals surface area contributed by atoms with Crippen molar-refractivity contribution in [2.24, 2.45) is 22.1 Å². The first kappa shape index (κ1) is 17.2. The molecule has 0 spiro atoms. The molecule has 3 N–H and O–H groups in total. The summed E-state index contributed by atoms with van der Waals surface area (Å²) in [5, 5.41) is 1.32. The molecule has 1 atom stereocenters. The van der Waals surface area contributed by atoms with Crippen molar-refractivity contribution in [1.82, 2.24) is 0 Å². The van der Waals surface area contributed by atoms with Crippen LogP contribution in [-0.2, 0) is 14.9 Å². The van der Waals surface area contributed by atoms with E-state index in [1.807, 2.05) is 0 Å². The Labute approximate surface area is 124 Å². The summed E-state index contributed by atoms with van der Waals surface area (Å²) in [7, 11) is -4.15. The van der Waals surface area contributed by atoms with Crippen molar-refractivity contribution in [2.45, 2.75) is 44.3 Å². The summed E-state index contributed by atoms with van der Waals surface area (Å²) in [6.45, 7) is 1.97.